The number of aliphatic imine (C=N–C) groups is 1. The van der Waals surface area contributed by atoms with Crippen molar-refractivity contribution < 1.29 is 0 Å². The summed E-state index contributed by atoms with van der Waals surface area (Å²) in [5.74, 6) is 0.780. The fraction of sp³-hybridized carbons (Fsp3) is 0.444. The number of aromatic nitrogens is 1. The Balaban J connectivity index is 1.66. The van der Waals surface area contributed by atoms with Crippen molar-refractivity contribution >= 4 is 23.0 Å². The molecule has 1 aromatic carbocycles. The molecule has 3 N–H and O–H groups in total. The fourth-order valence-electron chi connectivity index (χ4n) is 2.99. The summed E-state index contributed by atoms with van der Waals surface area (Å²) in [6.45, 7) is 4.87. The number of anilines is 1. The minimum absolute atomic E-state index is 0.290. The second kappa shape index (κ2) is 7.13. The second-order valence-electron chi connectivity index (χ2n) is 6.21. The van der Waals surface area contributed by atoms with Crippen molar-refractivity contribution in [1.82, 2.24) is 4.98 Å². The van der Waals surface area contributed by atoms with Crippen molar-refractivity contribution in [2.24, 2.45) is 10.7 Å². The van der Waals surface area contributed by atoms with Gasteiger partial charge in [0.15, 0.2) is 5.96 Å². The van der Waals surface area contributed by atoms with Gasteiger partial charge in [0.2, 0.25) is 0 Å². The molecule has 1 heterocycles. The Kier molecular flexibility index (Phi) is 4.96. The number of thiazole rings is 1. The van der Waals surface area contributed by atoms with Gasteiger partial charge in [0, 0.05) is 22.7 Å². The first-order chi connectivity index (χ1) is 11.1. The van der Waals surface area contributed by atoms with Crippen molar-refractivity contribution in [3.05, 3.63) is 45.4 Å². The smallest absolute Gasteiger partial charge is 0.193 e. The van der Waals surface area contributed by atoms with E-state index in [1.807, 2.05) is 6.20 Å². The van der Waals surface area contributed by atoms with Crippen LogP contribution in [0.15, 0.2) is 29.4 Å². The average Bonchev–Trinajstić information content (AvgIpc) is 2.99. The van der Waals surface area contributed by atoms with Crippen LogP contribution in [-0.4, -0.2) is 17.5 Å². The summed E-state index contributed by atoms with van der Waals surface area (Å²) in [4.78, 5) is 10.2. The lowest BCUT2D eigenvalue weighted by Crippen LogP contribution is -2.24. The molecule has 0 amide bonds. The fourth-order valence-corrected chi connectivity index (χ4v) is 3.81. The molecule has 23 heavy (non-hydrogen) atoms. The van der Waals surface area contributed by atoms with E-state index in [4.69, 9.17) is 5.73 Å². The molecule has 0 bridgehead atoms. The number of rotatable bonds is 4. The van der Waals surface area contributed by atoms with Gasteiger partial charge in [-0.25, -0.2) is 4.98 Å². The summed E-state index contributed by atoms with van der Waals surface area (Å²) >= 11 is 1.73. The van der Waals surface area contributed by atoms with Gasteiger partial charge in [0.25, 0.3) is 0 Å². The van der Waals surface area contributed by atoms with Crippen LogP contribution in [0.5, 0.6) is 0 Å². The third-order valence-corrected chi connectivity index (χ3v) is 5.40. The van der Waals surface area contributed by atoms with Gasteiger partial charge < -0.3 is 11.1 Å². The largest absolute Gasteiger partial charge is 0.370 e. The van der Waals surface area contributed by atoms with Gasteiger partial charge in [-0.15, -0.1) is 11.3 Å². The molecule has 4 nitrogen and oxygen atoms in total. The average molecular weight is 328 g/mol. The minimum atomic E-state index is 0.290. The molecule has 0 radical (unpaired) electrons. The number of hydrogen-bond acceptors (Lipinski definition) is 3. The summed E-state index contributed by atoms with van der Waals surface area (Å²) in [5, 5.41) is 4.41. The standard InChI is InChI=1S/C18H24N4S/c1-12(17-20-11-13(2)23-17)10-21-18(19)22-16-9-5-7-14-6-3-4-8-15(14)16/h5,7,9,11-12H,3-4,6,8,10H2,1-2H3,(H3,19,21,22). The number of benzene rings is 1. The highest BCUT2D eigenvalue weighted by molar-refractivity contribution is 7.11. The van der Waals surface area contributed by atoms with Crippen molar-refractivity contribution in [3.63, 3.8) is 0 Å². The number of guanidine groups is 1. The van der Waals surface area contributed by atoms with Crippen LogP contribution < -0.4 is 11.1 Å². The Morgan fingerprint density at radius 3 is 3.00 bits per heavy atom. The number of aryl methyl sites for hydroxylation is 2. The van der Waals surface area contributed by atoms with Gasteiger partial charge >= 0.3 is 0 Å². The lowest BCUT2D eigenvalue weighted by Gasteiger charge is -2.20. The molecule has 0 fully saturated rings. The molecule has 0 aliphatic heterocycles. The van der Waals surface area contributed by atoms with E-state index in [2.05, 4.69) is 47.3 Å². The Bertz CT molecular complexity index is 705. The molecule has 0 saturated carbocycles. The van der Waals surface area contributed by atoms with E-state index in [9.17, 15) is 0 Å². The molecule has 1 aromatic heterocycles. The van der Waals surface area contributed by atoms with Crippen LogP contribution in [-0.2, 0) is 12.8 Å². The van der Waals surface area contributed by atoms with Crippen molar-refractivity contribution in [1.29, 1.82) is 0 Å². The zero-order valence-corrected chi connectivity index (χ0v) is 14.6. The van der Waals surface area contributed by atoms with Gasteiger partial charge in [-0.1, -0.05) is 19.1 Å². The number of hydrogen-bond donors (Lipinski definition) is 2. The first-order valence-electron chi connectivity index (χ1n) is 8.23. The maximum Gasteiger partial charge on any atom is 0.193 e. The molecule has 1 aliphatic carbocycles. The van der Waals surface area contributed by atoms with Gasteiger partial charge in [0.1, 0.15) is 0 Å². The molecule has 0 spiro atoms. The molecule has 1 unspecified atom stereocenters. The topological polar surface area (TPSA) is 63.3 Å². The van der Waals surface area contributed by atoms with E-state index >= 15 is 0 Å². The van der Waals surface area contributed by atoms with E-state index in [1.165, 1.54) is 35.3 Å². The highest BCUT2D eigenvalue weighted by Crippen LogP contribution is 2.27. The Hall–Kier alpha value is -1.88. The number of nitrogens with one attached hydrogen (secondary N) is 1. The SMILES string of the molecule is Cc1cnc(C(C)CN=C(N)Nc2cccc3c2CCCC3)s1. The lowest BCUT2D eigenvalue weighted by atomic mass is 9.90. The third-order valence-electron chi connectivity index (χ3n) is 4.25. The van der Waals surface area contributed by atoms with Crippen LogP contribution in [0.25, 0.3) is 0 Å². The van der Waals surface area contributed by atoms with Crippen molar-refractivity contribution in [2.75, 3.05) is 11.9 Å². The third kappa shape index (κ3) is 3.91. The van der Waals surface area contributed by atoms with Crippen LogP contribution in [0, 0.1) is 6.92 Å². The predicted octanol–water partition coefficient (Wildman–Crippen LogP) is 3.86. The maximum absolute atomic E-state index is 6.09. The summed E-state index contributed by atoms with van der Waals surface area (Å²) in [7, 11) is 0. The zero-order chi connectivity index (χ0) is 16.2. The van der Waals surface area contributed by atoms with Crippen molar-refractivity contribution in [2.45, 2.75) is 45.4 Å². The van der Waals surface area contributed by atoms with Gasteiger partial charge in [-0.3, -0.25) is 4.99 Å². The van der Waals surface area contributed by atoms with E-state index in [0.717, 1.165) is 17.1 Å². The lowest BCUT2D eigenvalue weighted by molar-refractivity contribution is 0.687. The molecule has 1 aliphatic rings. The Labute approximate surface area is 141 Å². The summed E-state index contributed by atoms with van der Waals surface area (Å²) in [5.41, 5.74) is 10.1. The van der Waals surface area contributed by atoms with Gasteiger partial charge in [-0.2, -0.15) is 0 Å². The molecule has 2 aromatic rings. The molecule has 1 atom stereocenters. The van der Waals surface area contributed by atoms with E-state index in [-0.39, 0.29) is 0 Å². The molecular weight excluding hydrogens is 304 g/mol. The van der Waals surface area contributed by atoms with E-state index in [1.54, 1.807) is 11.3 Å². The van der Waals surface area contributed by atoms with Crippen LogP contribution in [0.4, 0.5) is 5.69 Å². The van der Waals surface area contributed by atoms with Gasteiger partial charge in [-0.05, 0) is 49.8 Å². The summed E-state index contributed by atoms with van der Waals surface area (Å²) < 4.78 is 0. The highest BCUT2D eigenvalue weighted by Gasteiger charge is 2.13. The summed E-state index contributed by atoms with van der Waals surface area (Å²) in [6, 6.07) is 6.42. The first kappa shape index (κ1) is 16.0. The monoisotopic (exact) mass is 328 g/mol. The maximum atomic E-state index is 6.09. The molecular formula is C18H24N4S. The molecule has 5 heteroatoms. The molecule has 3 rings (SSSR count). The quantitative estimate of drug-likeness (QED) is 0.662. The van der Waals surface area contributed by atoms with E-state index < -0.39 is 0 Å². The zero-order valence-electron chi connectivity index (χ0n) is 13.8. The van der Waals surface area contributed by atoms with Crippen LogP contribution in [0.3, 0.4) is 0 Å². The van der Waals surface area contributed by atoms with Crippen LogP contribution >= 0.6 is 11.3 Å². The molecule has 0 saturated heterocycles. The number of nitrogens with two attached hydrogens (primary N) is 1. The number of nitrogens with zero attached hydrogens (tertiary/aromatic N) is 2. The van der Waals surface area contributed by atoms with Crippen LogP contribution in [0.2, 0.25) is 0 Å². The minimum Gasteiger partial charge on any atom is -0.370 e. The molecule has 122 valence electrons. The van der Waals surface area contributed by atoms with Crippen LogP contribution in [0.1, 0.15) is 46.7 Å². The van der Waals surface area contributed by atoms with E-state index in [0.29, 0.717) is 18.4 Å². The second-order valence-corrected chi connectivity index (χ2v) is 7.48. The normalized spacial score (nSPS) is 16.0. The van der Waals surface area contributed by atoms with Gasteiger partial charge in [0.05, 0.1) is 11.6 Å². The summed E-state index contributed by atoms with van der Waals surface area (Å²) in [6.07, 6.45) is 6.74. The first-order valence-corrected chi connectivity index (χ1v) is 9.05. The number of fused-ring (bicyclic) bond motifs is 1. The highest BCUT2D eigenvalue weighted by atomic mass is 32.1. The Morgan fingerprint density at radius 2 is 2.22 bits per heavy atom. The predicted molar refractivity (Wildman–Crippen MR) is 98.5 cm³/mol. The Morgan fingerprint density at radius 1 is 1.39 bits per heavy atom. The van der Waals surface area contributed by atoms with Crippen molar-refractivity contribution in [3.8, 4) is 0 Å².